The number of rotatable bonds is 8. The van der Waals surface area contributed by atoms with E-state index in [1.165, 1.54) is 7.11 Å². The molecule has 0 N–H and O–H groups in total. The van der Waals surface area contributed by atoms with Gasteiger partial charge in [0.1, 0.15) is 12.5 Å². The smallest absolute Gasteiger partial charge is 0.337 e. The van der Waals surface area contributed by atoms with E-state index >= 15 is 0 Å². The highest BCUT2D eigenvalue weighted by molar-refractivity contribution is 8.32. The number of carbonyl (C=O) groups excluding carboxylic acids is 2. The summed E-state index contributed by atoms with van der Waals surface area (Å²) in [4.78, 5) is 31.6. The van der Waals surface area contributed by atoms with Crippen LogP contribution in [0.4, 0.5) is 5.82 Å². The summed E-state index contributed by atoms with van der Waals surface area (Å²) in [5, 5.41) is 0. The zero-order valence-corrected chi connectivity index (χ0v) is 20.0. The molecule has 0 aliphatic carbocycles. The minimum Gasteiger partial charge on any atom is -0.465 e. The molecule has 0 bridgehead atoms. The van der Waals surface area contributed by atoms with Crippen molar-refractivity contribution in [2.75, 3.05) is 49.9 Å². The number of hydrogen-bond donors (Lipinski definition) is 0. The van der Waals surface area contributed by atoms with Gasteiger partial charge in [0.25, 0.3) is 0 Å². The Labute approximate surface area is 186 Å². The summed E-state index contributed by atoms with van der Waals surface area (Å²) in [5.41, 5.74) is 1.57. The molecule has 0 unspecified atom stereocenters. The van der Waals surface area contributed by atoms with Gasteiger partial charge in [-0.1, -0.05) is 25.1 Å². The summed E-state index contributed by atoms with van der Waals surface area (Å²) in [7, 11) is 0.707. The number of esters is 1. The van der Waals surface area contributed by atoms with E-state index in [0.717, 1.165) is 16.9 Å². The first kappa shape index (κ1) is 23.3. The summed E-state index contributed by atoms with van der Waals surface area (Å²) in [5.74, 6) is 1.13. The van der Waals surface area contributed by atoms with Crippen LogP contribution < -0.4 is 4.90 Å². The Kier molecular flexibility index (Phi) is 6.76. The Hall–Kier alpha value is -2.38. The Morgan fingerprint density at radius 2 is 1.87 bits per heavy atom. The van der Waals surface area contributed by atoms with Gasteiger partial charge in [0, 0.05) is 17.5 Å². The second-order valence-electron chi connectivity index (χ2n) is 8.98. The average molecular weight is 445 g/mol. The van der Waals surface area contributed by atoms with Crippen LogP contribution in [-0.4, -0.2) is 61.8 Å². The molecule has 0 saturated heterocycles. The first-order valence-corrected chi connectivity index (χ1v) is 13.3. The summed E-state index contributed by atoms with van der Waals surface area (Å²) >= 11 is 0. The zero-order valence-electron chi connectivity index (χ0n) is 19.2. The van der Waals surface area contributed by atoms with Gasteiger partial charge in [-0.2, -0.15) is 0 Å². The number of hydrogen-bond acceptors (Lipinski definition) is 5. The highest BCUT2D eigenvalue weighted by Gasteiger charge is 2.51. The number of anilines is 1. The maximum Gasteiger partial charge on any atom is 0.337 e. The molecular formula is C24H32N2O4S. The molecule has 0 radical (unpaired) electrons. The highest BCUT2D eigenvalue weighted by Crippen LogP contribution is 2.48. The Morgan fingerprint density at radius 3 is 2.48 bits per heavy atom. The van der Waals surface area contributed by atoms with Crippen LogP contribution in [0.1, 0.15) is 41.3 Å². The molecule has 2 atom stereocenters. The van der Waals surface area contributed by atoms with E-state index < -0.39 is 15.4 Å². The molecule has 1 aromatic heterocycles. The molecule has 6 nitrogen and oxygen atoms in total. The van der Waals surface area contributed by atoms with E-state index in [1.54, 1.807) is 23.2 Å². The Bertz CT molecular complexity index is 955. The minimum atomic E-state index is -0.783. The molecule has 2 aromatic rings. The molecule has 1 aliphatic rings. The van der Waals surface area contributed by atoms with Crippen LogP contribution in [-0.2, 0) is 19.7 Å². The van der Waals surface area contributed by atoms with Crippen molar-refractivity contribution in [2.45, 2.75) is 25.2 Å². The van der Waals surface area contributed by atoms with Crippen molar-refractivity contribution in [3.8, 4) is 0 Å². The van der Waals surface area contributed by atoms with Crippen molar-refractivity contribution in [3.05, 3.63) is 59.3 Å². The second-order valence-corrected chi connectivity index (χ2v) is 13.6. The number of ether oxygens (including phenoxy) is 2. The molecule has 0 fully saturated rings. The largest absolute Gasteiger partial charge is 0.465 e. The molecule has 2 heterocycles. The van der Waals surface area contributed by atoms with Crippen molar-refractivity contribution < 1.29 is 19.1 Å². The van der Waals surface area contributed by atoms with E-state index in [2.05, 4.69) is 23.8 Å². The predicted octanol–water partition coefficient (Wildman–Crippen LogP) is 3.94. The van der Waals surface area contributed by atoms with E-state index in [9.17, 15) is 9.59 Å². The average Bonchev–Trinajstić information content (AvgIpc) is 2.97. The van der Waals surface area contributed by atoms with Gasteiger partial charge in [0.15, 0.2) is 0 Å². The quantitative estimate of drug-likeness (QED) is 0.456. The molecule has 0 spiro atoms. The fourth-order valence-electron chi connectivity index (χ4n) is 3.87. The second kappa shape index (κ2) is 9.01. The topological polar surface area (TPSA) is 68.7 Å². The molecule has 7 heteroatoms. The first-order valence-electron chi connectivity index (χ1n) is 10.3. The van der Waals surface area contributed by atoms with Gasteiger partial charge in [-0.3, -0.25) is 9.69 Å². The van der Waals surface area contributed by atoms with Gasteiger partial charge < -0.3 is 9.47 Å². The van der Waals surface area contributed by atoms with Gasteiger partial charge >= 0.3 is 5.97 Å². The van der Waals surface area contributed by atoms with Gasteiger partial charge in [-0.25, -0.2) is 19.8 Å². The molecule has 1 amide bonds. The van der Waals surface area contributed by atoms with Crippen molar-refractivity contribution >= 4 is 27.7 Å². The van der Waals surface area contributed by atoms with Crippen LogP contribution in [0.5, 0.6) is 0 Å². The molecule has 1 aliphatic heterocycles. The molecular weight excluding hydrogens is 412 g/mol. The van der Waals surface area contributed by atoms with Crippen LogP contribution in [0.25, 0.3) is 0 Å². The molecule has 0 saturated carbocycles. The lowest BCUT2D eigenvalue weighted by atomic mass is 9.71. The maximum absolute atomic E-state index is 13.6. The maximum atomic E-state index is 13.6. The summed E-state index contributed by atoms with van der Waals surface area (Å²) in [6.45, 7) is 4.82. The number of carbonyl (C=O) groups is 2. The fourth-order valence-corrected chi connectivity index (χ4v) is 4.49. The summed E-state index contributed by atoms with van der Waals surface area (Å²) in [6.07, 6.45) is 8.45. The minimum absolute atomic E-state index is 0.0196. The lowest BCUT2D eigenvalue weighted by molar-refractivity contribution is -0.124. The van der Waals surface area contributed by atoms with Crippen LogP contribution in [0.15, 0.2) is 42.6 Å². The predicted molar refractivity (Wildman–Crippen MR) is 126 cm³/mol. The monoisotopic (exact) mass is 444 g/mol. The van der Waals surface area contributed by atoms with Crippen molar-refractivity contribution in [2.24, 2.45) is 0 Å². The van der Waals surface area contributed by atoms with Gasteiger partial charge in [0.05, 0.1) is 24.7 Å². The first-order chi connectivity index (χ1) is 14.6. The molecule has 1 aromatic carbocycles. The fraction of sp³-hybridized carbons (Fsp3) is 0.458. The highest BCUT2D eigenvalue weighted by atomic mass is 32.3. The number of methoxy groups -OCH3 is 1. The van der Waals surface area contributed by atoms with Gasteiger partial charge in [0.2, 0.25) is 5.91 Å². The molecule has 31 heavy (non-hydrogen) atoms. The molecule has 168 valence electrons. The van der Waals surface area contributed by atoms with Gasteiger partial charge in [-0.05, 0) is 55.4 Å². The zero-order chi connectivity index (χ0) is 22.8. The SMILES string of the molecule is COC(=O)c1ccc([C@@H](C)[C@@]2(C)C(=O)N(COCCS(C)(C)C)c3ncccc32)cc1. The number of aromatic nitrogens is 1. The molecule has 3 rings (SSSR count). The summed E-state index contributed by atoms with van der Waals surface area (Å²) < 4.78 is 10.7. The number of benzene rings is 1. The number of amides is 1. The van der Waals surface area contributed by atoms with E-state index in [-0.39, 0.29) is 24.5 Å². The third kappa shape index (κ3) is 4.62. The van der Waals surface area contributed by atoms with Gasteiger partial charge in [-0.15, -0.1) is 0 Å². The van der Waals surface area contributed by atoms with Crippen molar-refractivity contribution in [1.29, 1.82) is 0 Å². The lowest BCUT2D eigenvalue weighted by Gasteiger charge is -2.31. The van der Waals surface area contributed by atoms with Crippen LogP contribution in [0.3, 0.4) is 0 Å². The Morgan fingerprint density at radius 1 is 1.19 bits per heavy atom. The third-order valence-corrected chi connectivity index (χ3v) is 7.44. The van der Waals surface area contributed by atoms with E-state index in [4.69, 9.17) is 9.47 Å². The number of nitrogens with zero attached hydrogens (tertiary/aromatic N) is 2. The van der Waals surface area contributed by atoms with Crippen molar-refractivity contribution in [3.63, 3.8) is 0 Å². The van der Waals surface area contributed by atoms with E-state index in [1.807, 2.05) is 38.1 Å². The third-order valence-electron chi connectivity index (χ3n) is 6.05. The standard InChI is InChI=1S/C24H32N2O4S/c1-17(18-9-11-19(12-10-18)22(27)29-3)24(2)20-8-7-13-25-21(20)26(23(24)28)16-30-14-15-31(4,5)6/h7-13,17H,14-16H2,1-6H3/t17-,24-/m1/s1. The summed E-state index contributed by atoms with van der Waals surface area (Å²) in [6, 6.07) is 11.1. The van der Waals surface area contributed by atoms with Crippen molar-refractivity contribution in [1.82, 2.24) is 4.98 Å². The van der Waals surface area contributed by atoms with Crippen LogP contribution >= 0.6 is 10.0 Å². The number of fused-ring (bicyclic) bond motifs is 1. The van der Waals surface area contributed by atoms with Crippen LogP contribution in [0.2, 0.25) is 0 Å². The normalized spacial score (nSPS) is 19.8. The lowest BCUT2D eigenvalue weighted by Crippen LogP contribution is -2.42. The number of pyridine rings is 1. The Balaban J connectivity index is 1.86. The van der Waals surface area contributed by atoms with E-state index in [0.29, 0.717) is 18.0 Å². The van der Waals surface area contributed by atoms with Crippen LogP contribution in [0, 0.1) is 0 Å².